The lowest BCUT2D eigenvalue weighted by molar-refractivity contribution is 0.429. The number of hydrogen-bond acceptors (Lipinski definition) is 3. The van der Waals surface area contributed by atoms with Crippen molar-refractivity contribution < 1.29 is 8.42 Å². The molecule has 1 aromatic carbocycles. The summed E-state index contributed by atoms with van der Waals surface area (Å²) in [4.78, 5) is 3.72. The van der Waals surface area contributed by atoms with Gasteiger partial charge in [0.25, 0.3) is 0 Å². The number of H-pyrrole nitrogens is 1. The Hall–Kier alpha value is -1.33. The van der Waals surface area contributed by atoms with Crippen LogP contribution in [0.25, 0.3) is 10.9 Å². The van der Waals surface area contributed by atoms with Crippen LogP contribution >= 0.6 is 0 Å². The summed E-state index contributed by atoms with van der Waals surface area (Å²) >= 11 is 0. The molecule has 0 aliphatic heterocycles. The zero-order valence-electron chi connectivity index (χ0n) is 13.2. The monoisotopic (exact) mass is 320 g/mol. The first kappa shape index (κ1) is 15.6. The van der Waals surface area contributed by atoms with E-state index in [1.807, 2.05) is 13.0 Å². The molecule has 1 aromatic heterocycles. The van der Waals surface area contributed by atoms with E-state index in [-0.39, 0.29) is 6.04 Å². The molecule has 1 unspecified atom stereocenters. The van der Waals surface area contributed by atoms with E-state index in [0.29, 0.717) is 10.8 Å². The number of hydrogen-bond donors (Lipinski definition) is 2. The Balaban J connectivity index is 1.98. The Morgan fingerprint density at radius 3 is 2.64 bits per heavy atom. The van der Waals surface area contributed by atoms with Gasteiger partial charge < -0.3 is 10.7 Å². The van der Waals surface area contributed by atoms with Crippen LogP contribution in [-0.2, 0) is 16.3 Å². The zero-order chi connectivity index (χ0) is 15.9. The fourth-order valence-corrected chi connectivity index (χ4v) is 4.29. The van der Waals surface area contributed by atoms with Crippen molar-refractivity contribution in [1.82, 2.24) is 4.98 Å². The number of rotatable bonds is 4. The van der Waals surface area contributed by atoms with E-state index in [1.165, 1.54) is 37.5 Å². The third-order valence-electron chi connectivity index (χ3n) is 4.96. The van der Waals surface area contributed by atoms with Crippen LogP contribution in [0.15, 0.2) is 23.1 Å². The van der Waals surface area contributed by atoms with Gasteiger partial charge in [-0.05, 0) is 55.9 Å². The number of sulfone groups is 1. The van der Waals surface area contributed by atoms with Crippen LogP contribution < -0.4 is 5.73 Å². The molecule has 0 spiro atoms. The molecule has 0 radical (unpaired) electrons. The summed E-state index contributed by atoms with van der Waals surface area (Å²) in [7, 11) is -3.19. The first-order valence-electron chi connectivity index (χ1n) is 7.93. The van der Waals surface area contributed by atoms with Gasteiger partial charge in [0, 0.05) is 28.9 Å². The van der Waals surface area contributed by atoms with E-state index >= 15 is 0 Å². The summed E-state index contributed by atoms with van der Waals surface area (Å²) in [6, 6.07) is 5.45. The fourth-order valence-electron chi connectivity index (χ4n) is 3.64. The smallest absolute Gasteiger partial charge is 0.175 e. The molecule has 2 aromatic rings. The summed E-state index contributed by atoms with van der Waals surface area (Å²) in [6.45, 7) is 2.04. The topological polar surface area (TPSA) is 76.0 Å². The Morgan fingerprint density at radius 1 is 1.32 bits per heavy atom. The molecule has 1 saturated carbocycles. The molecule has 120 valence electrons. The molecule has 1 aliphatic rings. The molecule has 0 bridgehead atoms. The van der Waals surface area contributed by atoms with E-state index in [9.17, 15) is 8.42 Å². The van der Waals surface area contributed by atoms with E-state index < -0.39 is 9.84 Å². The van der Waals surface area contributed by atoms with Crippen LogP contribution in [-0.4, -0.2) is 25.7 Å². The maximum atomic E-state index is 11.8. The van der Waals surface area contributed by atoms with Gasteiger partial charge in [-0.15, -0.1) is 0 Å². The van der Waals surface area contributed by atoms with Crippen molar-refractivity contribution in [1.29, 1.82) is 0 Å². The van der Waals surface area contributed by atoms with Crippen molar-refractivity contribution in [2.24, 2.45) is 11.7 Å². The molecule has 1 heterocycles. The third-order valence-corrected chi connectivity index (χ3v) is 6.07. The number of nitrogens with one attached hydrogen (secondary N) is 1. The second-order valence-corrected chi connectivity index (χ2v) is 8.64. The van der Waals surface area contributed by atoms with E-state index in [4.69, 9.17) is 5.73 Å². The van der Waals surface area contributed by atoms with Gasteiger partial charge in [0.1, 0.15) is 0 Å². The normalized spacial score (nSPS) is 18.1. The molecule has 5 heteroatoms. The van der Waals surface area contributed by atoms with Gasteiger partial charge in [-0.1, -0.05) is 12.8 Å². The molecule has 0 saturated heterocycles. The standard InChI is InChI=1S/C17H24N2O2S/c1-11-14(10-16(18)12-5-3-4-6-12)15-9-13(22(2,20)21)7-8-17(15)19-11/h7-9,12,16,19H,3-6,10,18H2,1-2H3. The van der Waals surface area contributed by atoms with E-state index in [1.54, 1.807) is 12.1 Å². The predicted molar refractivity (Wildman–Crippen MR) is 89.8 cm³/mol. The predicted octanol–water partition coefficient (Wildman–Crippen LogP) is 2.94. The minimum absolute atomic E-state index is 0.155. The summed E-state index contributed by atoms with van der Waals surface area (Å²) < 4.78 is 23.6. The average Bonchev–Trinajstić information content (AvgIpc) is 3.06. The largest absolute Gasteiger partial charge is 0.358 e. The number of fused-ring (bicyclic) bond motifs is 1. The van der Waals surface area contributed by atoms with Gasteiger partial charge in [0.15, 0.2) is 9.84 Å². The van der Waals surface area contributed by atoms with E-state index in [2.05, 4.69) is 4.98 Å². The number of benzene rings is 1. The summed E-state index contributed by atoms with van der Waals surface area (Å²) in [6.07, 6.45) is 7.06. The number of aryl methyl sites for hydroxylation is 1. The Morgan fingerprint density at radius 2 is 2.00 bits per heavy atom. The molecule has 3 rings (SSSR count). The van der Waals surface area contributed by atoms with Crippen molar-refractivity contribution in [2.45, 2.75) is 50.0 Å². The molecule has 1 fully saturated rings. The minimum Gasteiger partial charge on any atom is -0.358 e. The molecule has 3 N–H and O–H groups in total. The third kappa shape index (κ3) is 2.92. The number of aromatic nitrogens is 1. The van der Waals surface area contributed by atoms with Gasteiger partial charge in [-0.2, -0.15) is 0 Å². The Labute approximate surface area is 132 Å². The van der Waals surface area contributed by atoms with E-state index in [0.717, 1.165) is 23.0 Å². The Kier molecular flexibility index (Phi) is 4.03. The lowest BCUT2D eigenvalue weighted by atomic mass is 9.92. The minimum atomic E-state index is -3.19. The highest BCUT2D eigenvalue weighted by molar-refractivity contribution is 7.90. The van der Waals surface area contributed by atoms with Gasteiger partial charge in [-0.3, -0.25) is 0 Å². The first-order valence-corrected chi connectivity index (χ1v) is 9.82. The lowest BCUT2D eigenvalue weighted by Crippen LogP contribution is -2.30. The van der Waals surface area contributed by atoms with Gasteiger partial charge in [0.2, 0.25) is 0 Å². The summed E-state index contributed by atoms with van der Waals surface area (Å²) in [5.74, 6) is 0.599. The molecule has 4 nitrogen and oxygen atoms in total. The van der Waals surface area contributed by atoms with Gasteiger partial charge in [0.05, 0.1) is 4.90 Å². The maximum absolute atomic E-state index is 11.8. The first-order chi connectivity index (χ1) is 10.4. The van der Waals surface area contributed by atoms with Crippen LogP contribution in [0.1, 0.15) is 36.9 Å². The second kappa shape index (κ2) is 5.70. The molecular formula is C17H24N2O2S. The average molecular weight is 320 g/mol. The van der Waals surface area contributed by atoms with Crippen LogP contribution in [0.5, 0.6) is 0 Å². The molecule has 22 heavy (non-hydrogen) atoms. The zero-order valence-corrected chi connectivity index (χ0v) is 14.0. The molecular weight excluding hydrogens is 296 g/mol. The van der Waals surface area contributed by atoms with Crippen LogP contribution in [0.2, 0.25) is 0 Å². The number of aromatic amines is 1. The highest BCUT2D eigenvalue weighted by Crippen LogP contribution is 2.31. The van der Waals surface area contributed by atoms with Crippen molar-refractivity contribution in [2.75, 3.05) is 6.26 Å². The van der Waals surface area contributed by atoms with Gasteiger partial charge in [-0.25, -0.2) is 8.42 Å². The highest BCUT2D eigenvalue weighted by atomic mass is 32.2. The summed E-state index contributed by atoms with van der Waals surface area (Å²) in [5, 5.41) is 0.994. The second-order valence-electron chi connectivity index (χ2n) is 6.62. The highest BCUT2D eigenvalue weighted by Gasteiger charge is 2.24. The van der Waals surface area contributed by atoms with Crippen molar-refractivity contribution in [3.8, 4) is 0 Å². The summed E-state index contributed by atoms with van der Waals surface area (Å²) in [5.41, 5.74) is 9.66. The SMILES string of the molecule is Cc1[nH]c2ccc(S(C)(=O)=O)cc2c1CC(N)C1CCCC1. The molecule has 0 amide bonds. The number of nitrogens with two attached hydrogens (primary N) is 1. The van der Waals surface area contributed by atoms with Crippen molar-refractivity contribution in [3.05, 3.63) is 29.5 Å². The van der Waals surface area contributed by atoms with Crippen LogP contribution in [0, 0.1) is 12.8 Å². The maximum Gasteiger partial charge on any atom is 0.175 e. The van der Waals surface area contributed by atoms with Crippen molar-refractivity contribution in [3.63, 3.8) is 0 Å². The Bertz CT molecular complexity index is 786. The molecule has 1 atom stereocenters. The fraction of sp³-hybridized carbons (Fsp3) is 0.529. The van der Waals surface area contributed by atoms with Crippen molar-refractivity contribution >= 4 is 20.7 Å². The van der Waals surface area contributed by atoms with Gasteiger partial charge >= 0.3 is 0 Å². The quantitative estimate of drug-likeness (QED) is 0.909. The molecule has 1 aliphatic carbocycles. The van der Waals surface area contributed by atoms with Crippen LogP contribution in [0.3, 0.4) is 0 Å². The lowest BCUT2D eigenvalue weighted by Gasteiger charge is -2.19. The van der Waals surface area contributed by atoms with Crippen LogP contribution in [0.4, 0.5) is 0 Å².